The molecule has 2 amide bonds. The summed E-state index contributed by atoms with van der Waals surface area (Å²) in [5.41, 5.74) is 4.22. The monoisotopic (exact) mass is 267 g/mol. The molecule has 0 rings (SSSR count). The van der Waals surface area contributed by atoms with Crippen molar-refractivity contribution in [3.05, 3.63) is 11.1 Å². The van der Waals surface area contributed by atoms with Gasteiger partial charge in [-0.3, -0.25) is 0 Å². The van der Waals surface area contributed by atoms with Crippen molar-refractivity contribution in [1.29, 1.82) is 0 Å². The lowest BCUT2D eigenvalue weighted by Crippen LogP contribution is -2.26. The fourth-order valence-electron chi connectivity index (χ4n) is 0.892. The zero-order valence-corrected chi connectivity index (χ0v) is 9.67. The third-order valence-corrected chi connectivity index (χ3v) is 1.66. The molecule has 102 valence electrons. The predicted molar refractivity (Wildman–Crippen MR) is 56.6 cm³/mol. The van der Waals surface area contributed by atoms with E-state index in [1.165, 1.54) is 6.92 Å². The molecule has 0 fully saturated rings. The maximum atomic E-state index is 12.6. The molecule has 0 unspecified atom stereocenters. The van der Waals surface area contributed by atoms with Gasteiger partial charge in [0.2, 0.25) is 0 Å². The second-order valence-electron chi connectivity index (χ2n) is 2.99. The topological polar surface area (TPSA) is 93.8 Å². The Balaban J connectivity index is 5.23. The van der Waals surface area contributed by atoms with E-state index >= 15 is 0 Å². The number of carbonyl (C=O) groups excluding carboxylic acids is 2. The van der Waals surface area contributed by atoms with Gasteiger partial charge in [0.15, 0.2) is 0 Å². The van der Waals surface area contributed by atoms with Crippen LogP contribution in [0.15, 0.2) is 16.2 Å². The Morgan fingerprint density at radius 1 is 1.44 bits per heavy atom. The molecule has 0 aliphatic carbocycles. The number of hydrogen-bond acceptors (Lipinski definition) is 4. The van der Waals surface area contributed by atoms with E-state index in [1.807, 2.05) is 0 Å². The van der Waals surface area contributed by atoms with Gasteiger partial charge in [-0.2, -0.15) is 18.3 Å². The summed E-state index contributed by atoms with van der Waals surface area (Å²) >= 11 is 0. The summed E-state index contributed by atoms with van der Waals surface area (Å²) in [7, 11) is 0. The third-order valence-electron chi connectivity index (χ3n) is 1.66. The standard InChI is InChI=1S/C9H12F3N3O3/c1-3-18-7(16)5(2)6(9(10,11)12)4-14-15-8(13)17/h4H,3H2,1-2H3,(H3,13,15,17). The average molecular weight is 267 g/mol. The number of allylic oxidation sites excluding steroid dienone is 1. The summed E-state index contributed by atoms with van der Waals surface area (Å²) < 4.78 is 42.2. The number of amides is 2. The highest BCUT2D eigenvalue weighted by Gasteiger charge is 2.36. The molecule has 3 N–H and O–H groups in total. The van der Waals surface area contributed by atoms with Gasteiger partial charge >= 0.3 is 18.2 Å². The van der Waals surface area contributed by atoms with Crippen LogP contribution < -0.4 is 11.2 Å². The number of alkyl halides is 3. The SMILES string of the molecule is CCOC(=O)C(C)=C(C=NNC(N)=O)C(F)(F)F. The van der Waals surface area contributed by atoms with Crippen LogP contribution in [0.4, 0.5) is 18.0 Å². The van der Waals surface area contributed by atoms with Crippen molar-refractivity contribution in [3.63, 3.8) is 0 Å². The first kappa shape index (κ1) is 15.9. The fraction of sp³-hybridized carbons (Fsp3) is 0.444. The maximum absolute atomic E-state index is 12.6. The number of nitrogens with zero attached hydrogens (tertiary/aromatic N) is 1. The Bertz CT molecular complexity index is 388. The molecular formula is C9H12F3N3O3. The lowest BCUT2D eigenvalue weighted by Gasteiger charge is -2.10. The average Bonchev–Trinajstić information content (AvgIpc) is 2.21. The predicted octanol–water partition coefficient (Wildman–Crippen LogP) is 1.08. The van der Waals surface area contributed by atoms with E-state index in [0.29, 0.717) is 0 Å². The molecule has 0 bridgehead atoms. The van der Waals surface area contributed by atoms with Crippen molar-refractivity contribution >= 4 is 18.2 Å². The maximum Gasteiger partial charge on any atom is 0.418 e. The van der Waals surface area contributed by atoms with Crippen molar-refractivity contribution in [3.8, 4) is 0 Å². The summed E-state index contributed by atoms with van der Waals surface area (Å²) in [4.78, 5) is 21.4. The number of rotatable bonds is 4. The van der Waals surface area contributed by atoms with Gasteiger partial charge in [-0.05, 0) is 13.8 Å². The van der Waals surface area contributed by atoms with Gasteiger partial charge in [-0.1, -0.05) is 0 Å². The van der Waals surface area contributed by atoms with Crippen molar-refractivity contribution in [2.24, 2.45) is 10.8 Å². The number of hydrogen-bond donors (Lipinski definition) is 2. The number of nitrogens with one attached hydrogen (secondary N) is 1. The summed E-state index contributed by atoms with van der Waals surface area (Å²) in [6, 6.07) is -1.12. The Morgan fingerprint density at radius 2 is 2.00 bits per heavy atom. The fourth-order valence-corrected chi connectivity index (χ4v) is 0.892. The highest BCUT2D eigenvalue weighted by Crippen LogP contribution is 2.27. The van der Waals surface area contributed by atoms with E-state index in [0.717, 1.165) is 6.92 Å². The van der Waals surface area contributed by atoms with E-state index < -0.39 is 29.3 Å². The second-order valence-corrected chi connectivity index (χ2v) is 2.99. The van der Waals surface area contributed by atoms with Crippen LogP contribution in [0.1, 0.15) is 13.8 Å². The molecule has 9 heteroatoms. The summed E-state index contributed by atoms with van der Waals surface area (Å²) in [6.45, 7) is 2.34. The molecule has 0 aliphatic rings. The number of ether oxygens (including phenoxy) is 1. The van der Waals surface area contributed by atoms with Crippen molar-refractivity contribution in [1.82, 2.24) is 5.43 Å². The van der Waals surface area contributed by atoms with Gasteiger partial charge in [-0.15, -0.1) is 0 Å². The van der Waals surface area contributed by atoms with E-state index in [2.05, 4.69) is 15.6 Å². The number of carbonyl (C=O) groups is 2. The summed E-state index contributed by atoms with van der Waals surface area (Å²) in [6.07, 6.45) is -4.52. The minimum atomic E-state index is -4.81. The summed E-state index contributed by atoms with van der Waals surface area (Å²) in [5, 5.41) is 2.97. The number of hydrazone groups is 1. The van der Waals surface area contributed by atoms with Crippen LogP contribution in [0.25, 0.3) is 0 Å². The molecule has 0 atom stereocenters. The molecule has 0 radical (unpaired) electrons. The highest BCUT2D eigenvalue weighted by molar-refractivity contribution is 5.97. The number of nitrogens with two attached hydrogens (primary N) is 1. The number of urea groups is 1. The second kappa shape index (κ2) is 6.62. The van der Waals surface area contributed by atoms with Crippen LogP contribution >= 0.6 is 0 Å². The molecule has 0 heterocycles. The van der Waals surface area contributed by atoms with Gasteiger partial charge in [0, 0.05) is 5.57 Å². The summed E-state index contributed by atoms with van der Waals surface area (Å²) in [5.74, 6) is -1.12. The quantitative estimate of drug-likeness (QED) is 0.345. The van der Waals surface area contributed by atoms with Gasteiger partial charge < -0.3 is 10.5 Å². The Kier molecular flexibility index (Phi) is 5.86. The molecule has 0 aliphatic heterocycles. The highest BCUT2D eigenvalue weighted by atomic mass is 19.4. The molecule has 0 saturated carbocycles. The smallest absolute Gasteiger partial charge is 0.418 e. The lowest BCUT2D eigenvalue weighted by atomic mass is 10.1. The van der Waals surface area contributed by atoms with E-state index in [1.54, 1.807) is 5.43 Å². The van der Waals surface area contributed by atoms with Gasteiger partial charge in [0.25, 0.3) is 0 Å². The molecule has 0 aromatic rings. The molecule has 0 aromatic heterocycles. The van der Waals surface area contributed by atoms with Crippen LogP contribution in [0.5, 0.6) is 0 Å². The van der Waals surface area contributed by atoms with Crippen LogP contribution in [0, 0.1) is 0 Å². The largest absolute Gasteiger partial charge is 0.463 e. The zero-order chi connectivity index (χ0) is 14.3. The zero-order valence-electron chi connectivity index (χ0n) is 9.67. The first-order valence-corrected chi connectivity index (χ1v) is 4.73. The molecule has 6 nitrogen and oxygen atoms in total. The number of esters is 1. The Morgan fingerprint density at radius 3 is 2.39 bits per heavy atom. The van der Waals surface area contributed by atoms with Crippen LogP contribution in [-0.2, 0) is 9.53 Å². The van der Waals surface area contributed by atoms with Gasteiger partial charge in [-0.25, -0.2) is 15.0 Å². The Labute approximate surface area is 101 Å². The van der Waals surface area contributed by atoms with E-state index in [-0.39, 0.29) is 12.8 Å². The molecule has 0 aromatic carbocycles. The van der Waals surface area contributed by atoms with Crippen LogP contribution in [0.2, 0.25) is 0 Å². The molecule has 18 heavy (non-hydrogen) atoms. The molecule has 0 spiro atoms. The minimum absolute atomic E-state index is 0.0576. The van der Waals surface area contributed by atoms with Gasteiger partial charge in [0.05, 0.1) is 18.4 Å². The van der Waals surface area contributed by atoms with Crippen LogP contribution in [0.3, 0.4) is 0 Å². The van der Waals surface area contributed by atoms with E-state index in [4.69, 9.17) is 0 Å². The minimum Gasteiger partial charge on any atom is -0.463 e. The molecular weight excluding hydrogens is 255 g/mol. The first-order valence-electron chi connectivity index (χ1n) is 4.73. The van der Waals surface area contributed by atoms with Crippen molar-refractivity contribution in [2.45, 2.75) is 20.0 Å². The molecule has 0 saturated heterocycles. The number of halogens is 3. The van der Waals surface area contributed by atoms with Gasteiger partial charge in [0.1, 0.15) is 0 Å². The van der Waals surface area contributed by atoms with Crippen molar-refractivity contribution < 1.29 is 27.5 Å². The van der Waals surface area contributed by atoms with Crippen LogP contribution in [-0.4, -0.2) is 31.0 Å². The lowest BCUT2D eigenvalue weighted by molar-refractivity contribution is -0.139. The van der Waals surface area contributed by atoms with E-state index in [9.17, 15) is 22.8 Å². The normalized spacial score (nSPS) is 13.2. The Hall–Kier alpha value is -2.06. The number of primary amides is 1. The third kappa shape index (κ3) is 5.32. The van der Waals surface area contributed by atoms with Crippen molar-refractivity contribution in [2.75, 3.05) is 6.61 Å². The first-order chi connectivity index (χ1) is 8.20.